The minimum absolute atomic E-state index is 0.237. The summed E-state index contributed by atoms with van der Waals surface area (Å²) >= 11 is 0. The number of halogens is 1. The molecule has 2 fully saturated rings. The molecule has 2 N–H and O–H groups in total. The quantitative estimate of drug-likeness (QED) is 0.723. The maximum absolute atomic E-state index is 14.3. The van der Waals surface area contributed by atoms with Gasteiger partial charge in [-0.1, -0.05) is 0 Å². The van der Waals surface area contributed by atoms with E-state index in [9.17, 15) is 9.18 Å². The minimum Gasteiger partial charge on any atom is -0.351 e. The molecule has 0 radical (unpaired) electrons. The van der Waals surface area contributed by atoms with E-state index in [4.69, 9.17) is 0 Å². The van der Waals surface area contributed by atoms with Crippen LogP contribution in [0.25, 0.3) is 0 Å². The van der Waals surface area contributed by atoms with Crippen molar-refractivity contribution < 1.29 is 9.18 Å². The first kappa shape index (κ1) is 10.9. The summed E-state index contributed by atoms with van der Waals surface area (Å²) in [7, 11) is 0. The van der Waals surface area contributed by atoms with Crippen LogP contribution in [0.15, 0.2) is 0 Å². The SMILES string of the molecule is O=C(NC1CCC1)C1(F)CCCNCC1. The Bertz CT molecular complexity index is 233. The number of carbonyl (C=O) groups excluding carboxylic acids is 1. The van der Waals surface area contributed by atoms with Crippen molar-refractivity contribution in [2.24, 2.45) is 0 Å². The van der Waals surface area contributed by atoms with Gasteiger partial charge in [0, 0.05) is 12.5 Å². The number of hydrogen-bond donors (Lipinski definition) is 2. The number of alkyl halides is 1. The second-order valence-electron chi connectivity index (χ2n) is 4.67. The van der Waals surface area contributed by atoms with Crippen LogP contribution in [0.1, 0.15) is 38.5 Å². The van der Waals surface area contributed by atoms with Crippen molar-refractivity contribution in [2.75, 3.05) is 13.1 Å². The summed E-state index contributed by atoms with van der Waals surface area (Å²) in [6, 6.07) is 0.237. The summed E-state index contributed by atoms with van der Waals surface area (Å²) < 4.78 is 14.3. The molecule has 0 aromatic heterocycles. The molecule has 1 aliphatic carbocycles. The zero-order valence-corrected chi connectivity index (χ0v) is 9.02. The maximum atomic E-state index is 14.3. The lowest BCUT2D eigenvalue weighted by Crippen LogP contribution is -2.50. The van der Waals surface area contributed by atoms with E-state index in [1.807, 2.05) is 0 Å². The first-order valence-corrected chi connectivity index (χ1v) is 5.91. The summed E-state index contributed by atoms with van der Waals surface area (Å²) in [5.41, 5.74) is -1.63. The molecular formula is C11H19FN2O. The monoisotopic (exact) mass is 214 g/mol. The Morgan fingerprint density at radius 1 is 1.27 bits per heavy atom. The van der Waals surface area contributed by atoms with Crippen LogP contribution < -0.4 is 10.6 Å². The third kappa shape index (κ3) is 2.48. The Labute approximate surface area is 89.8 Å². The lowest BCUT2D eigenvalue weighted by atomic mass is 9.90. The molecule has 0 spiro atoms. The Kier molecular flexibility index (Phi) is 3.24. The molecule has 0 aromatic rings. The summed E-state index contributed by atoms with van der Waals surface area (Å²) in [6.45, 7) is 1.43. The fourth-order valence-electron chi connectivity index (χ4n) is 2.12. The van der Waals surface area contributed by atoms with Gasteiger partial charge in [0.25, 0.3) is 5.91 Å². The van der Waals surface area contributed by atoms with Crippen molar-refractivity contribution in [3.05, 3.63) is 0 Å². The minimum atomic E-state index is -1.63. The molecular weight excluding hydrogens is 195 g/mol. The lowest BCUT2D eigenvalue weighted by molar-refractivity contribution is -0.134. The van der Waals surface area contributed by atoms with Gasteiger partial charge < -0.3 is 10.6 Å². The van der Waals surface area contributed by atoms with E-state index in [1.165, 1.54) is 0 Å². The van der Waals surface area contributed by atoms with Gasteiger partial charge >= 0.3 is 0 Å². The van der Waals surface area contributed by atoms with E-state index in [-0.39, 0.29) is 11.9 Å². The van der Waals surface area contributed by atoms with Gasteiger partial charge in [-0.05, 0) is 45.2 Å². The average molecular weight is 214 g/mol. The van der Waals surface area contributed by atoms with Crippen molar-refractivity contribution >= 4 is 5.91 Å². The van der Waals surface area contributed by atoms with Crippen LogP contribution >= 0.6 is 0 Å². The molecule has 3 nitrogen and oxygen atoms in total. The van der Waals surface area contributed by atoms with Crippen LogP contribution in [-0.4, -0.2) is 30.7 Å². The Hall–Kier alpha value is -0.640. The van der Waals surface area contributed by atoms with E-state index in [0.717, 1.165) is 32.2 Å². The largest absolute Gasteiger partial charge is 0.351 e. The van der Waals surface area contributed by atoms with Gasteiger partial charge in [0.2, 0.25) is 0 Å². The number of amides is 1. The molecule has 1 atom stereocenters. The van der Waals surface area contributed by atoms with Gasteiger partial charge in [0.1, 0.15) is 0 Å². The van der Waals surface area contributed by atoms with Gasteiger partial charge in [0.05, 0.1) is 0 Å². The molecule has 2 rings (SSSR count). The second-order valence-corrected chi connectivity index (χ2v) is 4.67. The number of carbonyl (C=O) groups is 1. The number of hydrogen-bond acceptors (Lipinski definition) is 2. The molecule has 1 saturated carbocycles. The van der Waals surface area contributed by atoms with Crippen molar-refractivity contribution in [1.82, 2.24) is 10.6 Å². The molecule has 4 heteroatoms. The van der Waals surface area contributed by atoms with Gasteiger partial charge in [-0.3, -0.25) is 4.79 Å². The average Bonchev–Trinajstić information content (AvgIpc) is 2.37. The Morgan fingerprint density at radius 2 is 2.07 bits per heavy atom. The lowest BCUT2D eigenvalue weighted by Gasteiger charge is -2.30. The van der Waals surface area contributed by atoms with Gasteiger partial charge in [-0.25, -0.2) is 4.39 Å². The Morgan fingerprint density at radius 3 is 2.73 bits per heavy atom. The standard InChI is InChI=1S/C11H19FN2O/c12-11(5-2-7-13-8-6-11)10(15)14-9-3-1-4-9/h9,13H,1-8H2,(H,14,15). The zero-order chi connectivity index (χ0) is 10.7. The van der Waals surface area contributed by atoms with Crippen LogP contribution in [0.5, 0.6) is 0 Å². The van der Waals surface area contributed by atoms with Gasteiger partial charge in [0.15, 0.2) is 5.67 Å². The van der Waals surface area contributed by atoms with Gasteiger partial charge in [-0.15, -0.1) is 0 Å². The highest BCUT2D eigenvalue weighted by Crippen LogP contribution is 2.26. The maximum Gasteiger partial charge on any atom is 0.257 e. The third-order valence-electron chi connectivity index (χ3n) is 3.47. The fourth-order valence-corrected chi connectivity index (χ4v) is 2.12. The molecule has 1 saturated heterocycles. The smallest absolute Gasteiger partial charge is 0.257 e. The molecule has 1 amide bonds. The molecule has 0 bridgehead atoms. The molecule has 0 aromatic carbocycles. The first-order chi connectivity index (χ1) is 7.21. The molecule has 15 heavy (non-hydrogen) atoms. The van der Waals surface area contributed by atoms with Gasteiger partial charge in [-0.2, -0.15) is 0 Å². The van der Waals surface area contributed by atoms with E-state index in [0.29, 0.717) is 19.4 Å². The molecule has 1 heterocycles. The van der Waals surface area contributed by atoms with Crippen LogP contribution in [0.3, 0.4) is 0 Å². The van der Waals surface area contributed by atoms with Crippen LogP contribution in [-0.2, 0) is 4.79 Å². The molecule has 1 unspecified atom stereocenters. The normalized spacial score (nSPS) is 32.9. The van der Waals surface area contributed by atoms with Crippen molar-refractivity contribution in [1.29, 1.82) is 0 Å². The molecule has 86 valence electrons. The van der Waals surface area contributed by atoms with Crippen LogP contribution in [0.2, 0.25) is 0 Å². The predicted molar refractivity (Wildman–Crippen MR) is 56.3 cm³/mol. The summed E-state index contributed by atoms with van der Waals surface area (Å²) in [6.07, 6.45) is 4.60. The van der Waals surface area contributed by atoms with E-state index in [1.54, 1.807) is 0 Å². The third-order valence-corrected chi connectivity index (χ3v) is 3.47. The van der Waals surface area contributed by atoms with E-state index < -0.39 is 5.67 Å². The predicted octanol–water partition coefficient (Wildman–Crippen LogP) is 1.14. The zero-order valence-electron chi connectivity index (χ0n) is 9.02. The highest BCUT2D eigenvalue weighted by molar-refractivity contribution is 5.85. The highest BCUT2D eigenvalue weighted by atomic mass is 19.1. The van der Waals surface area contributed by atoms with Crippen molar-refractivity contribution in [3.63, 3.8) is 0 Å². The van der Waals surface area contributed by atoms with Crippen LogP contribution in [0.4, 0.5) is 4.39 Å². The molecule has 1 aliphatic heterocycles. The van der Waals surface area contributed by atoms with Crippen molar-refractivity contribution in [2.45, 2.75) is 50.2 Å². The Balaban J connectivity index is 1.89. The second kappa shape index (κ2) is 4.47. The number of rotatable bonds is 2. The van der Waals surface area contributed by atoms with Crippen LogP contribution in [0, 0.1) is 0 Å². The van der Waals surface area contributed by atoms with E-state index >= 15 is 0 Å². The topological polar surface area (TPSA) is 41.1 Å². The summed E-state index contributed by atoms with van der Waals surface area (Å²) in [5, 5.41) is 5.93. The summed E-state index contributed by atoms with van der Waals surface area (Å²) in [4.78, 5) is 11.8. The first-order valence-electron chi connectivity index (χ1n) is 5.91. The number of nitrogens with one attached hydrogen (secondary N) is 2. The summed E-state index contributed by atoms with van der Waals surface area (Å²) in [5.74, 6) is -0.379. The van der Waals surface area contributed by atoms with E-state index in [2.05, 4.69) is 10.6 Å². The van der Waals surface area contributed by atoms with Crippen molar-refractivity contribution in [3.8, 4) is 0 Å². The molecule has 2 aliphatic rings. The highest BCUT2D eigenvalue weighted by Gasteiger charge is 2.39. The fraction of sp³-hybridized carbons (Fsp3) is 0.909.